The summed E-state index contributed by atoms with van der Waals surface area (Å²) >= 11 is 0. The van der Waals surface area contributed by atoms with E-state index in [-0.39, 0.29) is 37.5 Å². The Bertz CT molecular complexity index is 354. The van der Waals surface area contributed by atoms with Crippen molar-refractivity contribution < 1.29 is 19.1 Å². The van der Waals surface area contributed by atoms with E-state index < -0.39 is 0 Å². The summed E-state index contributed by atoms with van der Waals surface area (Å²) < 4.78 is 4.86. The summed E-state index contributed by atoms with van der Waals surface area (Å²) in [5.41, 5.74) is 0. The van der Waals surface area contributed by atoms with E-state index in [1.165, 1.54) is 0 Å². The van der Waals surface area contributed by atoms with Crippen molar-refractivity contribution >= 4 is 17.9 Å². The second-order valence-electron chi connectivity index (χ2n) is 4.03. The van der Waals surface area contributed by atoms with Crippen LogP contribution in [0.2, 0.25) is 0 Å². The van der Waals surface area contributed by atoms with Crippen LogP contribution in [0.25, 0.3) is 0 Å². The molecule has 0 atom stereocenters. The van der Waals surface area contributed by atoms with E-state index in [4.69, 9.17) is 4.74 Å². The Morgan fingerprint density at radius 1 is 1.58 bits per heavy atom. The largest absolute Gasteiger partial charge is 0.465 e. The summed E-state index contributed by atoms with van der Waals surface area (Å²) in [7, 11) is 0. The number of urea groups is 1. The molecule has 19 heavy (non-hydrogen) atoms. The van der Waals surface area contributed by atoms with Crippen LogP contribution in [0.15, 0.2) is 12.7 Å². The van der Waals surface area contributed by atoms with Crippen LogP contribution in [0.5, 0.6) is 0 Å². The van der Waals surface area contributed by atoms with Crippen molar-refractivity contribution in [2.45, 2.75) is 6.92 Å². The van der Waals surface area contributed by atoms with Gasteiger partial charge in [-0.2, -0.15) is 0 Å². The van der Waals surface area contributed by atoms with Crippen molar-refractivity contribution in [3.63, 3.8) is 0 Å². The maximum Gasteiger partial charge on any atom is 0.324 e. The summed E-state index contributed by atoms with van der Waals surface area (Å²) in [5, 5.41) is 2.44. The Morgan fingerprint density at radius 2 is 2.32 bits per heavy atom. The van der Waals surface area contributed by atoms with Gasteiger partial charge in [0.2, 0.25) is 5.91 Å². The topological polar surface area (TPSA) is 79.0 Å². The molecule has 0 bridgehead atoms. The Hall–Kier alpha value is -1.89. The monoisotopic (exact) mass is 269 g/mol. The molecule has 1 heterocycles. The van der Waals surface area contributed by atoms with Gasteiger partial charge in [-0.15, -0.1) is 6.58 Å². The number of carbonyl (C=O) groups excluding carboxylic acids is 3. The normalized spacial score (nSPS) is 14.7. The second-order valence-corrected chi connectivity index (χ2v) is 4.03. The lowest BCUT2D eigenvalue weighted by Crippen LogP contribution is -2.41. The molecule has 0 aromatic heterocycles. The summed E-state index contributed by atoms with van der Waals surface area (Å²) in [4.78, 5) is 37.0. The first-order valence-electron chi connectivity index (χ1n) is 6.15. The third kappa shape index (κ3) is 4.70. The number of esters is 1. The number of rotatable bonds is 8. The third-order valence-corrected chi connectivity index (χ3v) is 2.62. The van der Waals surface area contributed by atoms with Crippen LogP contribution in [-0.4, -0.2) is 67.0 Å². The van der Waals surface area contributed by atoms with Crippen molar-refractivity contribution in [1.82, 2.24) is 15.1 Å². The molecule has 1 aliphatic heterocycles. The zero-order valence-electron chi connectivity index (χ0n) is 11.1. The summed E-state index contributed by atoms with van der Waals surface area (Å²) in [6.07, 6.45) is 1.66. The van der Waals surface area contributed by atoms with Gasteiger partial charge < -0.3 is 10.1 Å². The lowest BCUT2D eigenvalue weighted by atomic mass is 10.4. The van der Waals surface area contributed by atoms with Crippen LogP contribution >= 0.6 is 0 Å². The Balaban J connectivity index is 2.44. The summed E-state index contributed by atoms with van der Waals surface area (Å²) in [6, 6.07) is -0.389. The Labute approximate surface area is 112 Å². The highest BCUT2D eigenvalue weighted by atomic mass is 16.5. The molecule has 7 nitrogen and oxygen atoms in total. The predicted molar refractivity (Wildman–Crippen MR) is 68.4 cm³/mol. The maximum absolute atomic E-state index is 11.4. The zero-order valence-corrected chi connectivity index (χ0v) is 11.1. The van der Waals surface area contributed by atoms with E-state index in [2.05, 4.69) is 11.9 Å². The molecule has 1 saturated heterocycles. The van der Waals surface area contributed by atoms with Gasteiger partial charge in [-0.05, 0) is 6.92 Å². The van der Waals surface area contributed by atoms with Crippen LogP contribution in [0.1, 0.15) is 6.92 Å². The predicted octanol–water partition coefficient (Wildman–Crippen LogP) is -0.411. The fourth-order valence-electron chi connectivity index (χ4n) is 1.73. The van der Waals surface area contributed by atoms with Crippen LogP contribution in [0.3, 0.4) is 0 Å². The standard InChI is InChI=1S/C12H19N3O4/c1-3-5-14(9-11(17)19-4-2)6-7-15-10(16)8-13-12(15)18/h3H,1,4-9H2,2H3,(H,13,18). The fraction of sp³-hybridized carbons (Fsp3) is 0.583. The summed E-state index contributed by atoms with van der Waals surface area (Å²) in [6.45, 7) is 6.97. The van der Waals surface area contributed by atoms with Gasteiger partial charge >= 0.3 is 12.0 Å². The van der Waals surface area contributed by atoms with Crippen LogP contribution < -0.4 is 5.32 Å². The minimum Gasteiger partial charge on any atom is -0.465 e. The minimum absolute atomic E-state index is 0.0398. The first-order valence-corrected chi connectivity index (χ1v) is 6.15. The minimum atomic E-state index is -0.389. The van der Waals surface area contributed by atoms with Crippen LogP contribution in [0, 0.1) is 0 Å². The number of amides is 3. The quantitative estimate of drug-likeness (QED) is 0.368. The zero-order chi connectivity index (χ0) is 14.3. The SMILES string of the molecule is C=CCN(CCN1C(=O)CNC1=O)CC(=O)OCC. The molecule has 0 unspecified atom stereocenters. The highest BCUT2D eigenvalue weighted by molar-refractivity contribution is 6.01. The lowest BCUT2D eigenvalue weighted by molar-refractivity contribution is -0.144. The highest BCUT2D eigenvalue weighted by Gasteiger charge is 2.28. The molecule has 1 fully saturated rings. The van der Waals surface area contributed by atoms with Gasteiger partial charge in [0.1, 0.15) is 0 Å². The van der Waals surface area contributed by atoms with Gasteiger partial charge in [-0.25, -0.2) is 4.79 Å². The fourth-order valence-corrected chi connectivity index (χ4v) is 1.73. The molecule has 1 N–H and O–H groups in total. The number of ether oxygens (including phenoxy) is 1. The van der Waals surface area contributed by atoms with Gasteiger partial charge in [0, 0.05) is 19.6 Å². The summed E-state index contributed by atoms with van der Waals surface area (Å²) in [5.74, 6) is -0.582. The van der Waals surface area contributed by atoms with Crippen molar-refractivity contribution in [2.75, 3.05) is 39.3 Å². The number of nitrogens with one attached hydrogen (secondary N) is 1. The van der Waals surface area contributed by atoms with Crippen molar-refractivity contribution in [2.24, 2.45) is 0 Å². The highest BCUT2D eigenvalue weighted by Crippen LogP contribution is 2.00. The molecule has 0 aromatic rings. The van der Waals surface area contributed by atoms with Crippen molar-refractivity contribution in [3.05, 3.63) is 12.7 Å². The molecule has 106 valence electrons. The maximum atomic E-state index is 11.4. The van der Waals surface area contributed by atoms with E-state index in [1.54, 1.807) is 17.9 Å². The molecule has 0 aliphatic carbocycles. The molecule has 0 aromatic carbocycles. The molecular formula is C12H19N3O4. The second kappa shape index (κ2) is 7.52. The number of hydrogen-bond donors (Lipinski definition) is 1. The van der Waals surface area contributed by atoms with E-state index in [1.807, 2.05) is 0 Å². The molecular weight excluding hydrogens is 250 g/mol. The Morgan fingerprint density at radius 3 is 2.84 bits per heavy atom. The molecule has 0 saturated carbocycles. The van der Waals surface area contributed by atoms with Gasteiger partial charge in [0.15, 0.2) is 0 Å². The van der Waals surface area contributed by atoms with Crippen molar-refractivity contribution in [3.8, 4) is 0 Å². The van der Waals surface area contributed by atoms with E-state index >= 15 is 0 Å². The average Bonchev–Trinajstić information content (AvgIpc) is 2.67. The van der Waals surface area contributed by atoms with E-state index in [0.29, 0.717) is 19.7 Å². The van der Waals surface area contributed by atoms with Gasteiger partial charge in [-0.3, -0.25) is 19.4 Å². The first kappa shape index (κ1) is 15.2. The molecule has 3 amide bonds. The van der Waals surface area contributed by atoms with Gasteiger partial charge in [-0.1, -0.05) is 6.08 Å². The molecule has 7 heteroatoms. The number of carbonyl (C=O) groups is 3. The lowest BCUT2D eigenvalue weighted by Gasteiger charge is -2.21. The van der Waals surface area contributed by atoms with Crippen molar-refractivity contribution in [1.29, 1.82) is 0 Å². The van der Waals surface area contributed by atoms with Gasteiger partial charge in [0.25, 0.3) is 0 Å². The van der Waals surface area contributed by atoms with Crippen LogP contribution in [-0.2, 0) is 14.3 Å². The average molecular weight is 269 g/mol. The Kier molecular flexibility index (Phi) is 6.01. The number of hydrogen-bond acceptors (Lipinski definition) is 5. The van der Waals surface area contributed by atoms with Gasteiger partial charge in [0.05, 0.1) is 19.7 Å². The molecule has 0 radical (unpaired) electrons. The molecule has 1 rings (SSSR count). The smallest absolute Gasteiger partial charge is 0.324 e. The third-order valence-electron chi connectivity index (χ3n) is 2.62. The van der Waals surface area contributed by atoms with E-state index in [9.17, 15) is 14.4 Å². The molecule has 0 spiro atoms. The number of imide groups is 1. The number of nitrogens with zero attached hydrogens (tertiary/aromatic N) is 2. The molecule has 1 aliphatic rings. The van der Waals surface area contributed by atoms with Crippen LogP contribution in [0.4, 0.5) is 4.79 Å². The first-order chi connectivity index (χ1) is 9.08. The van der Waals surface area contributed by atoms with E-state index in [0.717, 1.165) is 4.90 Å².